The van der Waals surface area contributed by atoms with E-state index in [-0.39, 0.29) is 11.2 Å². The highest BCUT2D eigenvalue weighted by Crippen LogP contribution is 2.27. The molecule has 1 aliphatic rings. The van der Waals surface area contributed by atoms with Gasteiger partial charge in [-0.25, -0.2) is 4.39 Å². The summed E-state index contributed by atoms with van der Waals surface area (Å²) in [5.74, 6) is 0.962. The zero-order chi connectivity index (χ0) is 15.5. The van der Waals surface area contributed by atoms with Crippen LogP contribution in [0.15, 0.2) is 23.2 Å². The molecule has 1 aromatic rings. The number of aryl methyl sites for hydroxylation is 1. The second kappa shape index (κ2) is 6.82. The first kappa shape index (κ1) is 16.3. The number of hydrogen-bond donors (Lipinski definition) is 1. The Bertz CT molecular complexity index is 520. The minimum absolute atomic E-state index is 0.167. The largest absolute Gasteiger partial charge is 0.362 e. The van der Waals surface area contributed by atoms with E-state index in [2.05, 4.69) is 31.1 Å². The lowest BCUT2D eigenvalue weighted by molar-refractivity contribution is 0.290. The van der Waals surface area contributed by atoms with E-state index in [4.69, 9.17) is 0 Å². The molecule has 1 fully saturated rings. The van der Waals surface area contributed by atoms with Crippen molar-refractivity contribution in [3.05, 3.63) is 35.1 Å². The van der Waals surface area contributed by atoms with E-state index in [0.717, 1.165) is 29.4 Å². The number of hydrogen-bond acceptors (Lipinski definition) is 2. The number of nitrogens with one attached hydrogen (secondary N) is 1. The maximum absolute atomic E-state index is 13.1. The van der Waals surface area contributed by atoms with Crippen LogP contribution in [-0.2, 0) is 6.42 Å². The Morgan fingerprint density at radius 1 is 1.38 bits per heavy atom. The summed E-state index contributed by atoms with van der Waals surface area (Å²) >= 11 is 1.80. The second-order valence-corrected chi connectivity index (χ2v) is 7.79. The smallest absolute Gasteiger partial charge is 0.156 e. The monoisotopic (exact) mass is 308 g/mol. The fourth-order valence-corrected chi connectivity index (χ4v) is 3.45. The molecule has 4 heteroatoms. The molecule has 0 radical (unpaired) electrons. The number of amidine groups is 1. The maximum Gasteiger partial charge on any atom is 0.156 e. The molecule has 21 heavy (non-hydrogen) atoms. The lowest BCUT2D eigenvalue weighted by atomic mass is 9.85. The summed E-state index contributed by atoms with van der Waals surface area (Å²) in [7, 11) is 0. The summed E-state index contributed by atoms with van der Waals surface area (Å²) in [6.45, 7) is 9.49. The van der Waals surface area contributed by atoms with Crippen LogP contribution < -0.4 is 5.32 Å². The fraction of sp³-hybridized carbons (Fsp3) is 0.588. The van der Waals surface area contributed by atoms with Crippen molar-refractivity contribution >= 4 is 16.9 Å². The molecule has 1 saturated heterocycles. The van der Waals surface area contributed by atoms with Crippen molar-refractivity contribution in [2.75, 3.05) is 12.3 Å². The molecule has 0 aromatic heterocycles. The summed E-state index contributed by atoms with van der Waals surface area (Å²) in [5.41, 5.74) is 2.44. The molecule has 0 amide bonds. The predicted octanol–water partition coefficient (Wildman–Crippen LogP) is 4.17. The molecule has 0 bridgehead atoms. The Hall–Kier alpha value is -1.03. The van der Waals surface area contributed by atoms with E-state index in [0.29, 0.717) is 6.04 Å². The number of halogens is 1. The number of rotatable bonds is 3. The van der Waals surface area contributed by atoms with Crippen molar-refractivity contribution in [2.24, 2.45) is 10.4 Å². The van der Waals surface area contributed by atoms with Gasteiger partial charge in [0.05, 0.1) is 0 Å². The van der Waals surface area contributed by atoms with Crippen molar-refractivity contribution in [2.45, 2.75) is 46.6 Å². The van der Waals surface area contributed by atoms with E-state index >= 15 is 0 Å². The molecule has 2 rings (SSSR count). The molecule has 1 aliphatic heterocycles. The number of thioether (sulfide) groups is 1. The van der Waals surface area contributed by atoms with Gasteiger partial charge in [0.25, 0.3) is 0 Å². The molecule has 1 unspecified atom stereocenters. The first-order valence-corrected chi connectivity index (χ1v) is 8.53. The summed E-state index contributed by atoms with van der Waals surface area (Å²) in [6, 6.07) is 5.47. The van der Waals surface area contributed by atoms with Crippen molar-refractivity contribution in [1.82, 2.24) is 5.32 Å². The Morgan fingerprint density at radius 3 is 2.81 bits per heavy atom. The molecule has 116 valence electrons. The molecule has 0 saturated carbocycles. The maximum atomic E-state index is 13.1. The van der Waals surface area contributed by atoms with Crippen LogP contribution in [0.3, 0.4) is 0 Å². The highest BCUT2D eigenvalue weighted by Gasteiger charge is 2.28. The Labute approximate surface area is 131 Å². The van der Waals surface area contributed by atoms with Gasteiger partial charge in [0.15, 0.2) is 5.17 Å². The Kier molecular flexibility index (Phi) is 5.31. The van der Waals surface area contributed by atoms with Gasteiger partial charge in [0, 0.05) is 18.3 Å². The van der Waals surface area contributed by atoms with Crippen molar-refractivity contribution in [1.29, 1.82) is 0 Å². The molecule has 0 spiro atoms. The summed E-state index contributed by atoms with van der Waals surface area (Å²) in [4.78, 5) is 4.68. The SMILES string of the molecule is Cc1cc(F)ccc1CCN=C1NC(C(C)(C)C)CCS1. The van der Waals surface area contributed by atoms with Gasteiger partial charge < -0.3 is 5.32 Å². The predicted molar refractivity (Wildman–Crippen MR) is 90.6 cm³/mol. The second-order valence-electron chi connectivity index (χ2n) is 6.71. The molecule has 1 atom stereocenters. The molecular formula is C17H25FN2S. The van der Waals surface area contributed by atoms with Gasteiger partial charge in [-0.05, 0) is 48.4 Å². The van der Waals surface area contributed by atoms with Crippen LogP contribution in [-0.4, -0.2) is 23.5 Å². The van der Waals surface area contributed by atoms with Crippen LogP contribution in [0.5, 0.6) is 0 Å². The minimum Gasteiger partial charge on any atom is -0.362 e. The number of aliphatic imine (C=N–C) groups is 1. The van der Waals surface area contributed by atoms with Crippen LogP contribution in [0.1, 0.15) is 38.3 Å². The van der Waals surface area contributed by atoms with Gasteiger partial charge in [-0.3, -0.25) is 4.99 Å². The fourth-order valence-electron chi connectivity index (χ4n) is 2.49. The lowest BCUT2D eigenvalue weighted by Crippen LogP contribution is -2.46. The van der Waals surface area contributed by atoms with Gasteiger partial charge in [0.1, 0.15) is 5.82 Å². The third-order valence-corrected chi connectivity index (χ3v) is 4.89. The Morgan fingerprint density at radius 2 is 2.14 bits per heavy atom. The average molecular weight is 308 g/mol. The molecule has 1 aromatic carbocycles. The summed E-state index contributed by atoms with van der Waals surface area (Å²) in [5, 5.41) is 4.61. The molecule has 2 nitrogen and oxygen atoms in total. The van der Waals surface area contributed by atoms with Crippen molar-refractivity contribution in [3.63, 3.8) is 0 Å². The summed E-state index contributed by atoms with van der Waals surface area (Å²) in [6.07, 6.45) is 2.04. The van der Waals surface area contributed by atoms with Crippen molar-refractivity contribution in [3.8, 4) is 0 Å². The van der Waals surface area contributed by atoms with Gasteiger partial charge in [-0.2, -0.15) is 0 Å². The number of nitrogens with zero attached hydrogens (tertiary/aromatic N) is 1. The highest BCUT2D eigenvalue weighted by molar-refractivity contribution is 8.13. The summed E-state index contributed by atoms with van der Waals surface area (Å²) < 4.78 is 13.1. The lowest BCUT2D eigenvalue weighted by Gasteiger charge is -2.35. The first-order chi connectivity index (χ1) is 9.86. The molecular weight excluding hydrogens is 283 g/mol. The quantitative estimate of drug-likeness (QED) is 0.906. The van der Waals surface area contributed by atoms with E-state index in [1.54, 1.807) is 17.8 Å². The van der Waals surface area contributed by atoms with E-state index in [1.807, 2.05) is 13.0 Å². The number of benzene rings is 1. The van der Waals surface area contributed by atoms with E-state index in [9.17, 15) is 4.39 Å². The van der Waals surface area contributed by atoms with Crippen LogP contribution in [0.4, 0.5) is 4.39 Å². The average Bonchev–Trinajstić information content (AvgIpc) is 2.41. The van der Waals surface area contributed by atoms with E-state index in [1.165, 1.54) is 18.1 Å². The Balaban J connectivity index is 1.92. The normalized spacial score (nSPS) is 21.4. The van der Waals surface area contributed by atoms with Gasteiger partial charge in [0.2, 0.25) is 0 Å². The zero-order valence-corrected chi connectivity index (χ0v) is 14.2. The third-order valence-electron chi connectivity index (χ3n) is 3.93. The molecule has 1 heterocycles. The van der Waals surface area contributed by atoms with Gasteiger partial charge in [-0.15, -0.1) is 0 Å². The zero-order valence-electron chi connectivity index (χ0n) is 13.4. The topological polar surface area (TPSA) is 24.4 Å². The molecule has 1 N–H and O–H groups in total. The van der Waals surface area contributed by atoms with E-state index < -0.39 is 0 Å². The highest BCUT2D eigenvalue weighted by atomic mass is 32.2. The van der Waals surface area contributed by atoms with Crippen molar-refractivity contribution < 1.29 is 4.39 Å². The van der Waals surface area contributed by atoms with Crippen LogP contribution >= 0.6 is 11.8 Å². The first-order valence-electron chi connectivity index (χ1n) is 7.55. The van der Waals surface area contributed by atoms with Crippen LogP contribution in [0.25, 0.3) is 0 Å². The van der Waals surface area contributed by atoms with Crippen LogP contribution in [0.2, 0.25) is 0 Å². The third kappa shape index (κ3) is 4.73. The van der Waals surface area contributed by atoms with Crippen LogP contribution in [0, 0.1) is 18.2 Å². The molecule has 0 aliphatic carbocycles. The minimum atomic E-state index is -0.167. The van der Waals surface area contributed by atoms with Gasteiger partial charge in [-0.1, -0.05) is 38.6 Å². The van der Waals surface area contributed by atoms with Gasteiger partial charge >= 0.3 is 0 Å². The standard InChI is InChI=1S/C17H25FN2S/c1-12-11-14(18)6-5-13(12)7-9-19-16-20-15(8-10-21-16)17(2,3)4/h5-6,11,15H,7-10H2,1-4H3,(H,19,20).